The average Bonchev–Trinajstić information content (AvgIpc) is 2.50. The molecule has 0 aromatic heterocycles. The van der Waals surface area contributed by atoms with E-state index in [0.29, 0.717) is 26.9 Å². The van der Waals surface area contributed by atoms with E-state index in [9.17, 15) is 4.79 Å². The maximum absolute atomic E-state index is 12.2. The molecule has 0 saturated heterocycles. The number of hydrogen-bond donors (Lipinski definition) is 1. The van der Waals surface area contributed by atoms with Crippen LogP contribution in [0, 0.1) is 13.8 Å². The molecule has 2 aromatic rings. The van der Waals surface area contributed by atoms with Crippen molar-refractivity contribution in [3.05, 3.63) is 67.7 Å². The normalized spacial score (nSPS) is 11.5. The number of hydrogen-bond acceptors (Lipinski definition) is 2. The van der Waals surface area contributed by atoms with E-state index in [1.807, 2.05) is 26.0 Å². The van der Waals surface area contributed by atoms with E-state index in [1.54, 1.807) is 25.1 Å². The van der Waals surface area contributed by atoms with Gasteiger partial charge >= 0.3 is 0 Å². The third kappa shape index (κ3) is 4.05. The molecule has 0 radical (unpaired) electrons. The van der Waals surface area contributed by atoms with Crippen molar-refractivity contribution < 1.29 is 4.79 Å². The third-order valence-electron chi connectivity index (χ3n) is 3.38. The molecule has 120 valence electrons. The van der Waals surface area contributed by atoms with Crippen LogP contribution < -0.4 is 5.43 Å². The van der Waals surface area contributed by atoms with E-state index in [1.165, 1.54) is 0 Å². The van der Waals surface area contributed by atoms with Crippen molar-refractivity contribution in [3.63, 3.8) is 0 Å². The fourth-order valence-corrected chi connectivity index (χ4v) is 2.80. The van der Waals surface area contributed by atoms with Crippen LogP contribution in [0.4, 0.5) is 0 Å². The summed E-state index contributed by atoms with van der Waals surface area (Å²) >= 11 is 18.1. The first-order valence-corrected chi connectivity index (χ1v) is 8.00. The van der Waals surface area contributed by atoms with Gasteiger partial charge < -0.3 is 0 Å². The highest BCUT2D eigenvalue weighted by Crippen LogP contribution is 2.32. The minimum atomic E-state index is -0.280. The van der Waals surface area contributed by atoms with Crippen LogP contribution in [0.15, 0.2) is 35.4 Å². The quantitative estimate of drug-likeness (QED) is 0.438. The van der Waals surface area contributed by atoms with Crippen LogP contribution in [-0.4, -0.2) is 11.6 Å². The Bertz CT molecular complexity index is 801. The largest absolute Gasteiger partial charge is 0.271 e. The summed E-state index contributed by atoms with van der Waals surface area (Å²) in [5.41, 5.74) is 6.25. The van der Waals surface area contributed by atoms with Crippen LogP contribution in [-0.2, 0) is 0 Å². The van der Waals surface area contributed by atoms with Gasteiger partial charge in [-0.15, -0.1) is 0 Å². The fraction of sp³-hybridized carbons (Fsp3) is 0.176. The predicted octanol–water partition coefficient (Wildman–Crippen LogP) is 5.42. The molecule has 0 spiro atoms. The minimum Gasteiger partial charge on any atom is -0.267 e. The number of nitrogens with zero attached hydrogens (tertiary/aromatic N) is 1. The van der Waals surface area contributed by atoms with E-state index in [0.717, 1.165) is 11.1 Å². The molecule has 2 aromatic carbocycles. The summed E-state index contributed by atoms with van der Waals surface area (Å²) in [6.45, 7) is 5.59. The lowest BCUT2D eigenvalue weighted by atomic mass is 10.1. The number of carbonyl (C=O) groups excluding carboxylic acids is 1. The van der Waals surface area contributed by atoms with Gasteiger partial charge in [0.1, 0.15) is 0 Å². The third-order valence-corrected chi connectivity index (χ3v) is 4.67. The Morgan fingerprint density at radius 1 is 1.00 bits per heavy atom. The molecule has 3 nitrogen and oxygen atoms in total. The zero-order valence-corrected chi connectivity index (χ0v) is 15.1. The molecule has 23 heavy (non-hydrogen) atoms. The molecule has 6 heteroatoms. The molecule has 0 fully saturated rings. The first kappa shape index (κ1) is 17.8. The second kappa shape index (κ2) is 7.35. The van der Waals surface area contributed by atoms with Gasteiger partial charge in [-0.25, -0.2) is 5.43 Å². The zero-order chi connectivity index (χ0) is 17.1. The van der Waals surface area contributed by atoms with Crippen molar-refractivity contribution in [1.82, 2.24) is 5.43 Å². The molecule has 0 aliphatic carbocycles. The molecular weight excluding hydrogens is 355 g/mol. The van der Waals surface area contributed by atoms with E-state index in [2.05, 4.69) is 10.5 Å². The van der Waals surface area contributed by atoms with Crippen LogP contribution in [0.3, 0.4) is 0 Å². The summed E-state index contributed by atoms with van der Waals surface area (Å²) in [5.74, 6) is -0.280. The highest BCUT2D eigenvalue weighted by Gasteiger charge is 2.12. The van der Waals surface area contributed by atoms with Crippen LogP contribution in [0.5, 0.6) is 0 Å². The van der Waals surface area contributed by atoms with Crippen LogP contribution in [0.25, 0.3) is 0 Å². The molecule has 0 unspecified atom stereocenters. The van der Waals surface area contributed by atoms with E-state index in [-0.39, 0.29) is 10.9 Å². The lowest BCUT2D eigenvalue weighted by Gasteiger charge is -2.08. The first-order chi connectivity index (χ1) is 10.8. The SMILES string of the molecule is C/C(=N/NC(=O)c1ccc(C)cc1C)c1ccc(Cl)c(Cl)c1Cl. The molecule has 0 bridgehead atoms. The Hall–Kier alpha value is -1.55. The number of carbonyl (C=O) groups is 1. The predicted molar refractivity (Wildman–Crippen MR) is 97.1 cm³/mol. The first-order valence-electron chi connectivity index (χ1n) is 6.87. The van der Waals surface area contributed by atoms with Gasteiger partial charge in [0.25, 0.3) is 5.91 Å². The second-order valence-electron chi connectivity index (χ2n) is 5.18. The molecule has 1 amide bonds. The second-order valence-corrected chi connectivity index (χ2v) is 6.34. The number of halogens is 3. The van der Waals surface area contributed by atoms with Gasteiger partial charge in [0, 0.05) is 11.1 Å². The van der Waals surface area contributed by atoms with Gasteiger partial charge in [-0.05, 0) is 38.5 Å². The summed E-state index contributed by atoms with van der Waals surface area (Å²) in [6.07, 6.45) is 0. The summed E-state index contributed by atoms with van der Waals surface area (Å²) < 4.78 is 0. The number of aryl methyl sites for hydroxylation is 2. The standard InChI is InChI=1S/C17H15Cl3N2O/c1-9-4-5-12(10(2)8-9)17(23)22-21-11(3)13-6-7-14(18)16(20)15(13)19/h4-8H,1-3H3,(H,22,23)/b21-11-. The molecular formula is C17H15Cl3N2O. The van der Waals surface area contributed by atoms with Crippen LogP contribution in [0.2, 0.25) is 15.1 Å². The molecule has 2 rings (SSSR count). The number of hydrazone groups is 1. The molecule has 1 N–H and O–H groups in total. The van der Waals surface area contributed by atoms with Gasteiger partial charge in [0.15, 0.2) is 0 Å². The highest BCUT2D eigenvalue weighted by molar-refractivity contribution is 6.49. The van der Waals surface area contributed by atoms with Crippen LogP contribution >= 0.6 is 34.8 Å². The topological polar surface area (TPSA) is 41.5 Å². The van der Waals surface area contributed by atoms with Crippen LogP contribution in [0.1, 0.15) is 34.0 Å². The van der Waals surface area contributed by atoms with Crippen molar-refractivity contribution in [2.45, 2.75) is 20.8 Å². The molecule has 0 heterocycles. The number of rotatable bonds is 3. The Kier molecular flexibility index (Phi) is 5.69. The number of benzene rings is 2. The van der Waals surface area contributed by atoms with Gasteiger partial charge in [0.05, 0.1) is 20.8 Å². The van der Waals surface area contributed by atoms with Crippen molar-refractivity contribution in [3.8, 4) is 0 Å². The maximum atomic E-state index is 12.2. The fourth-order valence-electron chi connectivity index (χ4n) is 2.13. The van der Waals surface area contributed by atoms with E-state index >= 15 is 0 Å². The van der Waals surface area contributed by atoms with Gasteiger partial charge in [-0.1, -0.05) is 58.6 Å². The van der Waals surface area contributed by atoms with Gasteiger partial charge in [-0.2, -0.15) is 5.10 Å². The average molecular weight is 370 g/mol. The minimum absolute atomic E-state index is 0.265. The Labute approximate surface area is 150 Å². The molecule has 0 atom stereocenters. The molecule has 0 aliphatic heterocycles. The monoisotopic (exact) mass is 368 g/mol. The Morgan fingerprint density at radius 2 is 1.65 bits per heavy atom. The highest BCUT2D eigenvalue weighted by atomic mass is 35.5. The Balaban J connectivity index is 2.22. The smallest absolute Gasteiger partial charge is 0.267 e. The van der Waals surface area contributed by atoms with Crippen molar-refractivity contribution >= 4 is 46.4 Å². The van der Waals surface area contributed by atoms with Gasteiger partial charge in [-0.3, -0.25) is 4.79 Å². The maximum Gasteiger partial charge on any atom is 0.271 e. The lowest BCUT2D eigenvalue weighted by Crippen LogP contribution is -2.20. The molecule has 0 saturated carbocycles. The van der Waals surface area contributed by atoms with Crippen molar-refractivity contribution in [2.75, 3.05) is 0 Å². The number of amides is 1. The summed E-state index contributed by atoms with van der Waals surface area (Å²) in [5, 5.41) is 5.04. The zero-order valence-electron chi connectivity index (χ0n) is 12.9. The molecule has 0 aliphatic rings. The summed E-state index contributed by atoms with van der Waals surface area (Å²) in [7, 11) is 0. The summed E-state index contributed by atoms with van der Waals surface area (Å²) in [6, 6.07) is 8.95. The van der Waals surface area contributed by atoms with Crippen molar-refractivity contribution in [1.29, 1.82) is 0 Å². The van der Waals surface area contributed by atoms with E-state index < -0.39 is 0 Å². The van der Waals surface area contributed by atoms with Gasteiger partial charge in [0.2, 0.25) is 0 Å². The summed E-state index contributed by atoms with van der Waals surface area (Å²) in [4.78, 5) is 12.2. The van der Waals surface area contributed by atoms with E-state index in [4.69, 9.17) is 34.8 Å². The van der Waals surface area contributed by atoms with Crippen molar-refractivity contribution in [2.24, 2.45) is 5.10 Å². The number of nitrogens with one attached hydrogen (secondary N) is 1. The lowest BCUT2D eigenvalue weighted by molar-refractivity contribution is 0.0954. The Morgan fingerprint density at radius 3 is 2.30 bits per heavy atom.